The van der Waals surface area contributed by atoms with Crippen LogP contribution >= 0.6 is 0 Å². The third-order valence-electron chi connectivity index (χ3n) is 4.69. The standard InChI is InChI=1S/C22H25N3O5/c1-5-25(21(26)13-30-15-8-6-7-14(2)9-15)12-20-23-17-11-19(29-4)18(28-3)10-16(17)22(27)24-20/h6-11H,5,12-13H2,1-4H3,(H,23,24,27). The summed E-state index contributed by atoms with van der Waals surface area (Å²) < 4.78 is 16.1. The van der Waals surface area contributed by atoms with Crippen molar-refractivity contribution >= 4 is 16.8 Å². The van der Waals surface area contributed by atoms with Crippen LogP contribution in [0.15, 0.2) is 41.2 Å². The molecular formula is C22H25N3O5. The van der Waals surface area contributed by atoms with Crippen LogP contribution in [0.5, 0.6) is 17.2 Å². The molecule has 0 saturated heterocycles. The van der Waals surface area contributed by atoms with E-state index in [1.165, 1.54) is 14.2 Å². The van der Waals surface area contributed by atoms with E-state index in [2.05, 4.69) is 9.97 Å². The summed E-state index contributed by atoms with van der Waals surface area (Å²) in [5.74, 6) is 1.74. The molecule has 8 nitrogen and oxygen atoms in total. The third-order valence-corrected chi connectivity index (χ3v) is 4.69. The lowest BCUT2D eigenvalue weighted by Crippen LogP contribution is -2.35. The van der Waals surface area contributed by atoms with Crippen LogP contribution in [0.25, 0.3) is 10.9 Å². The van der Waals surface area contributed by atoms with Crippen molar-refractivity contribution in [1.82, 2.24) is 14.9 Å². The molecule has 0 radical (unpaired) electrons. The first-order valence-electron chi connectivity index (χ1n) is 9.57. The van der Waals surface area contributed by atoms with E-state index in [1.807, 2.05) is 32.0 Å². The normalized spacial score (nSPS) is 10.7. The lowest BCUT2D eigenvalue weighted by atomic mass is 10.2. The summed E-state index contributed by atoms with van der Waals surface area (Å²) in [6, 6.07) is 10.7. The number of amides is 1. The number of hydrogen-bond acceptors (Lipinski definition) is 6. The second kappa shape index (κ2) is 9.30. The van der Waals surface area contributed by atoms with Gasteiger partial charge in [-0.1, -0.05) is 12.1 Å². The number of rotatable bonds is 8. The molecule has 0 aliphatic heterocycles. The monoisotopic (exact) mass is 411 g/mol. The SMILES string of the molecule is CCN(Cc1nc2cc(OC)c(OC)cc2c(=O)[nH]1)C(=O)COc1cccc(C)c1. The molecule has 0 bridgehead atoms. The zero-order valence-electron chi connectivity index (χ0n) is 17.5. The molecule has 0 spiro atoms. The van der Waals surface area contributed by atoms with Crippen molar-refractivity contribution < 1.29 is 19.0 Å². The molecule has 0 aliphatic rings. The maximum atomic E-state index is 12.6. The zero-order chi connectivity index (χ0) is 21.7. The van der Waals surface area contributed by atoms with Crippen LogP contribution in [0.2, 0.25) is 0 Å². The van der Waals surface area contributed by atoms with Crippen molar-refractivity contribution in [2.45, 2.75) is 20.4 Å². The van der Waals surface area contributed by atoms with Gasteiger partial charge in [-0.2, -0.15) is 0 Å². The molecule has 0 saturated carbocycles. The third kappa shape index (κ3) is 4.71. The molecule has 0 aliphatic carbocycles. The smallest absolute Gasteiger partial charge is 0.260 e. The topological polar surface area (TPSA) is 93.8 Å². The van der Waals surface area contributed by atoms with Gasteiger partial charge in [-0.15, -0.1) is 0 Å². The highest BCUT2D eigenvalue weighted by Crippen LogP contribution is 2.29. The van der Waals surface area contributed by atoms with Crippen LogP contribution in [0, 0.1) is 6.92 Å². The van der Waals surface area contributed by atoms with E-state index in [4.69, 9.17) is 14.2 Å². The summed E-state index contributed by atoms with van der Waals surface area (Å²) in [7, 11) is 3.02. The van der Waals surface area contributed by atoms with E-state index >= 15 is 0 Å². The fourth-order valence-corrected chi connectivity index (χ4v) is 3.09. The fourth-order valence-electron chi connectivity index (χ4n) is 3.09. The Labute approximate surface area is 174 Å². The zero-order valence-corrected chi connectivity index (χ0v) is 17.5. The summed E-state index contributed by atoms with van der Waals surface area (Å²) in [5, 5.41) is 0.383. The molecule has 158 valence electrons. The van der Waals surface area contributed by atoms with E-state index in [0.717, 1.165) is 5.56 Å². The number of nitrogens with zero attached hydrogens (tertiary/aromatic N) is 2. The summed E-state index contributed by atoms with van der Waals surface area (Å²) in [5.41, 5.74) is 1.21. The molecule has 1 heterocycles. The number of ether oxygens (including phenoxy) is 3. The molecule has 0 fully saturated rings. The Hall–Kier alpha value is -3.55. The van der Waals surface area contributed by atoms with Gasteiger partial charge in [0, 0.05) is 12.6 Å². The molecule has 1 amide bonds. The van der Waals surface area contributed by atoms with Crippen molar-refractivity contribution in [2.24, 2.45) is 0 Å². The average molecular weight is 411 g/mol. The molecule has 3 rings (SSSR count). The van der Waals surface area contributed by atoms with Gasteiger partial charge in [0.2, 0.25) is 0 Å². The van der Waals surface area contributed by atoms with Crippen LogP contribution < -0.4 is 19.8 Å². The fraction of sp³-hybridized carbons (Fsp3) is 0.318. The Bertz CT molecular complexity index is 1110. The van der Waals surface area contributed by atoms with Gasteiger partial charge < -0.3 is 24.1 Å². The van der Waals surface area contributed by atoms with E-state index in [1.54, 1.807) is 23.1 Å². The summed E-state index contributed by atoms with van der Waals surface area (Å²) in [4.78, 5) is 34.0. The number of carbonyl (C=O) groups is 1. The minimum absolute atomic E-state index is 0.0971. The minimum atomic E-state index is -0.310. The van der Waals surface area contributed by atoms with Gasteiger partial charge >= 0.3 is 0 Å². The highest BCUT2D eigenvalue weighted by molar-refractivity contribution is 5.82. The Morgan fingerprint density at radius 1 is 1.13 bits per heavy atom. The first kappa shape index (κ1) is 21.2. The van der Waals surface area contributed by atoms with E-state index < -0.39 is 0 Å². The number of aromatic nitrogens is 2. The number of methoxy groups -OCH3 is 2. The molecule has 0 unspecified atom stereocenters. The number of likely N-dealkylation sites (N-methyl/N-ethyl adjacent to an activating group) is 1. The molecule has 30 heavy (non-hydrogen) atoms. The number of hydrogen-bond donors (Lipinski definition) is 1. The van der Waals surface area contributed by atoms with Crippen molar-refractivity contribution in [2.75, 3.05) is 27.4 Å². The first-order valence-corrected chi connectivity index (χ1v) is 9.57. The number of nitrogens with one attached hydrogen (secondary N) is 1. The van der Waals surface area contributed by atoms with E-state index in [9.17, 15) is 9.59 Å². The van der Waals surface area contributed by atoms with Crippen LogP contribution in [0.3, 0.4) is 0 Å². The molecule has 1 aromatic heterocycles. The van der Waals surface area contributed by atoms with Gasteiger partial charge in [-0.3, -0.25) is 9.59 Å². The minimum Gasteiger partial charge on any atom is -0.493 e. The van der Waals surface area contributed by atoms with Crippen molar-refractivity contribution in [1.29, 1.82) is 0 Å². The van der Waals surface area contributed by atoms with Gasteiger partial charge in [-0.05, 0) is 37.6 Å². The number of fused-ring (bicyclic) bond motifs is 1. The highest BCUT2D eigenvalue weighted by atomic mass is 16.5. The summed E-state index contributed by atoms with van der Waals surface area (Å²) >= 11 is 0. The molecule has 1 N–H and O–H groups in total. The van der Waals surface area contributed by atoms with Crippen LogP contribution in [-0.4, -0.2) is 48.1 Å². The predicted molar refractivity (Wildman–Crippen MR) is 113 cm³/mol. The van der Waals surface area contributed by atoms with Crippen LogP contribution in [0.4, 0.5) is 0 Å². The maximum Gasteiger partial charge on any atom is 0.260 e. The van der Waals surface area contributed by atoms with Gasteiger partial charge in [0.05, 0.1) is 31.7 Å². The Balaban J connectivity index is 1.78. The summed E-state index contributed by atoms with van der Waals surface area (Å²) in [6.45, 7) is 4.33. The van der Waals surface area contributed by atoms with E-state index in [-0.39, 0.29) is 24.6 Å². The largest absolute Gasteiger partial charge is 0.493 e. The Kier molecular flexibility index (Phi) is 6.56. The Morgan fingerprint density at radius 3 is 2.53 bits per heavy atom. The predicted octanol–water partition coefficient (Wildman–Crippen LogP) is 2.68. The lowest BCUT2D eigenvalue weighted by Gasteiger charge is -2.20. The van der Waals surface area contributed by atoms with E-state index in [0.29, 0.717) is 40.5 Å². The number of aromatic amines is 1. The summed E-state index contributed by atoms with van der Waals surface area (Å²) in [6.07, 6.45) is 0. The molecular weight excluding hydrogens is 386 g/mol. The highest BCUT2D eigenvalue weighted by Gasteiger charge is 2.16. The second-order valence-corrected chi connectivity index (χ2v) is 6.75. The van der Waals surface area contributed by atoms with Crippen molar-refractivity contribution in [3.8, 4) is 17.2 Å². The molecule has 2 aromatic carbocycles. The Morgan fingerprint density at radius 2 is 1.87 bits per heavy atom. The van der Waals surface area contributed by atoms with Gasteiger partial charge in [0.15, 0.2) is 18.1 Å². The first-order chi connectivity index (χ1) is 14.4. The van der Waals surface area contributed by atoms with Crippen LogP contribution in [-0.2, 0) is 11.3 Å². The molecule has 0 atom stereocenters. The average Bonchev–Trinajstić information content (AvgIpc) is 2.75. The number of aryl methyl sites for hydroxylation is 1. The van der Waals surface area contributed by atoms with Crippen molar-refractivity contribution in [3.63, 3.8) is 0 Å². The number of benzene rings is 2. The van der Waals surface area contributed by atoms with Gasteiger partial charge in [0.25, 0.3) is 11.5 Å². The maximum absolute atomic E-state index is 12.6. The second-order valence-electron chi connectivity index (χ2n) is 6.75. The quantitative estimate of drug-likeness (QED) is 0.613. The van der Waals surface area contributed by atoms with Crippen LogP contribution in [0.1, 0.15) is 18.3 Å². The number of carbonyl (C=O) groups excluding carboxylic acids is 1. The lowest BCUT2D eigenvalue weighted by molar-refractivity contribution is -0.133. The molecule has 3 aromatic rings. The van der Waals surface area contributed by atoms with Crippen molar-refractivity contribution in [3.05, 3.63) is 58.1 Å². The van der Waals surface area contributed by atoms with Gasteiger partial charge in [0.1, 0.15) is 11.6 Å². The molecule has 8 heteroatoms. The number of H-pyrrole nitrogens is 1. The van der Waals surface area contributed by atoms with Gasteiger partial charge in [-0.25, -0.2) is 4.98 Å².